The first kappa shape index (κ1) is 13.6. The summed E-state index contributed by atoms with van der Waals surface area (Å²) in [6, 6.07) is 0.260. The van der Waals surface area contributed by atoms with Gasteiger partial charge in [0.05, 0.1) is 6.20 Å². The number of aromatic nitrogens is 2. The van der Waals surface area contributed by atoms with Crippen LogP contribution in [0.15, 0.2) is 12.4 Å². The van der Waals surface area contributed by atoms with Gasteiger partial charge in [-0.25, -0.2) is 0 Å². The van der Waals surface area contributed by atoms with Crippen LogP contribution in [0.3, 0.4) is 0 Å². The number of hydrogen-bond acceptors (Lipinski definition) is 3. The molecule has 0 radical (unpaired) electrons. The third-order valence-corrected chi connectivity index (χ3v) is 4.05. The van der Waals surface area contributed by atoms with E-state index in [9.17, 15) is 0 Å². The first-order valence-corrected chi connectivity index (χ1v) is 7.32. The largest absolute Gasteiger partial charge is 0.272 e. The Balaban J connectivity index is 1.85. The zero-order valence-electron chi connectivity index (χ0n) is 11.4. The molecular weight excluding hydrogens is 224 g/mol. The molecule has 18 heavy (non-hydrogen) atoms. The molecular formula is C14H26N4. The number of nitrogens with two attached hydrogens (primary N) is 1. The molecule has 0 amide bonds. The van der Waals surface area contributed by atoms with Gasteiger partial charge in [-0.1, -0.05) is 32.6 Å². The molecule has 1 aromatic rings. The van der Waals surface area contributed by atoms with E-state index in [4.69, 9.17) is 5.84 Å². The Labute approximate surface area is 110 Å². The van der Waals surface area contributed by atoms with Gasteiger partial charge in [-0.2, -0.15) is 5.10 Å². The summed E-state index contributed by atoms with van der Waals surface area (Å²) in [5, 5.41) is 4.38. The first-order chi connectivity index (χ1) is 8.83. The smallest absolute Gasteiger partial charge is 0.0538 e. The highest BCUT2D eigenvalue weighted by atomic mass is 15.3. The molecule has 102 valence electrons. The lowest BCUT2D eigenvalue weighted by atomic mass is 9.96. The van der Waals surface area contributed by atoms with E-state index in [0.29, 0.717) is 0 Å². The molecule has 0 aromatic carbocycles. The van der Waals surface area contributed by atoms with Gasteiger partial charge in [0.2, 0.25) is 0 Å². The first-order valence-electron chi connectivity index (χ1n) is 7.32. The fourth-order valence-corrected chi connectivity index (χ4v) is 2.96. The van der Waals surface area contributed by atoms with Crippen molar-refractivity contribution < 1.29 is 0 Å². The lowest BCUT2D eigenvalue weighted by Crippen LogP contribution is -2.28. The quantitative estimate of drug-likeness (QED) is 0.578. The summed E-state index contributed by atoms with van der Waals surface area (Å²) in [6.45, 7) is 3.15. The fourth-order valence-electron chi connectivity index (χ4n) is 2.96. The van der Waals surface area contributed by atoms with Crippen LogP contribution in [0.25, 0.3) is 0 Å². The lowest BCUT2D eigenvalue weighted by Gasteiger charge is -2.16. The van der Waals surface area contributed by atoms with Crippen molar-refractivity contribution in [2.75, 3.05) is 0 Å². The Hall–Kier alpha value is -0.870. The summed E-state index contributed by atoms with van der Waals surface area (Å²) in [5.74, 6) is 6.61. The molecule has 1 saturated carbocycles. The lowest BCUT2D eigenvalue weighted by molar-refractivity contribution is 0.416. The molecule has 0 saturated heterocycles. The highest BCUT2D eigenvalue weighted by Crippen LogP contribution is 2.31. The van der Waals surface area contributed by atoms with Crippen molar-refractivity contribution in [1.29, 1.82) is 0 Å². The van der Waals surface area contributed by atoms with Crippen LogP contribution < -0.4 is 11.3 Å². The van der Waals surface area contributed by atoms with Crippen LogP contribution in [-0.4, -0.2) is 9.78 Å². The van der Waals surface area contributed by atoms with Crippen molar-refractivity contribution in [3.05, 3.63) is 18.0 Å². The fraction of sp³-hybridized carbons (Fsp3) is 0.786. The van der Waals surface area contributed by atoms with Crippen LogP contribution in [-0.2, 0) is 6.54 Å². The van der Waals surface area contributed by atoms with Crippen molar-refractivity contribution in [2.24, 2.45) is 11.8 Å². The molecule has 0 spiro atoms. The van der Waals surface area contributed by atoms with Gasteiger partial charge < -0.3 is 0 Å². The van der Waals surface area contributed by atoms with Crippen LogP contribution in [0.4, 0.5) is 0 Å². The minimum Gasteiger partial charge on any atom is -0.272 e. The number of aryl methyl sites for hydroxylation is 1. The van der Waals surface area contributed by atoms with Crippen LogP contribution in [0.2, 0.25) is 0 Å². The SMILES string of the molecule is CCCn1cc(C(CCC2CCCC2)NN)cn1. The number of nitrogens with zero attached hydrogens (tertiary/aromatic N) is 2. The van der Waals surface area contributed by atoms with Crippen molar-refractivity contribution in [3.8, 4) is 0 Å². The van der Waals surface area contributed by atoms with E-state index in [-0.39, 0.29) is 6.04 Å². The second-order valence-electron chi connectivity index (χ2n) is 5.48. The third-order valence-electron chi connectivity index (χ3n) is 4.05. The summed E-state index contributed by atoms with van der Waals surface area (Å²) < 4.78 is 2.01. The van der Waals surface area contributed by atoms with E-state index in [1.165, 1.54) is 37.7 Å². The maximum absolute atomic E-state index is 5.69. The topological polar surface area (TPSA) is 55.9 Å². The number of nitrogens with one attached hydrogen (secondary N) is 1. The van der Waals surface area contributed by atoms with Gasteiger partial charge in [0.25, 0.3) is 0 Å². The van der Waals surface area contributed by atoms with Crippen molar-refractivity contribution in [1.82, 2.24) is 15.2 Å². The molecule has 1 aliphatic carbocycles. The Morgan fingerprint density at radius 1 is 1.50 bits per heavy atom. The average molecular weight is 250 g/mol. The summed E-state index contributed by atoms with van der Waals surface area (Å²) in [7, 11) is 0. The van der Waals surface area contributed by atoms with Gasteiger partial charge in [-0.3, -0.25) is 16.0 Å². The molecule has 1 atom stereocenters. The van der Waals surface area contributed by atoms with Crippen LogP contribution >= 0.6 is 0 Å². The molecule has 4 heteroatoms. The molecule has 2 rings (SSSR count). The average Bonchev–Trinajstić information content (AvgIpc) is 3.02. The minimum atomic E-state index is 0.260. The predicted octanol–water partition coefficient (Wildman–Crippen LogP) is 2.77. The third kappa shape index (κ3) is 3.56. The summed E-state index contributed by atoms with van der Waals surface area (Å²) in [6.07, 6.45) is 13.3. The van der Waals surface area contributed by atoms with Gasteiger partial charge in [-0.15, -0.1) is 0 Å². The number of hydrogen-bond donors (Lipinski definition) is 2. The number of hydrazine groups is 1. The summed E-state index contributed by atoms with van der Waals surface area (Å²) in [5.41, 5.74) is 4.17. The second kappa shape index (κ2) is 6.90. The molecule has 3 N–H and O–H groups in total. The molecule has 1 aliphatic rings. The molecule has 4 nitrogen and oxygen atoms in total. The minimum absolute atomic E-state index is 0.260. The highest BCUT2D eigenvalue weighted by Gasteiger charge is 2.18. The van der Waals surface area contributed by atoms with E-state index in [1.54, 1.807) is 0 Å². The van der Waals surface area contributed by atoms with Crippen molar-refractivity contribution in [2.45, 2.75) is 64.5 Å². The Morgan fingerprint density at radius 2 is 2.28 bits per heavy atom. The van der Waals surface area contributed by atoms with E-state index >= 15 is 0 Å². The monoisotopic (exact) mass is 250 g/mol. The molecule has 0 bridgehead atoms. The zero-order valence-corrected chi connectivity index (χ0v) is 11.4. The highest BCUT2D eigenvalue weighted by molar-refractivity contribution is 5.10. The Morgan fingerprint density at radius 3 is 2.94 bits per heavy atom. The van der Waals surface area contributed by atoms with E-state index in [0.717, 1.165) is 25.3 Å². The van der Waals surface area contributed by atoms with Gasteiger partial charge >= 0.3 is 0 Å². The Kier molecular flexibility index (Phi) is 5.20. The number of rotatable bonds is 7. The van der Waals surface area contributed by atoms with Crippen LogP contribution in [0, 0.1) is 5.92 Å². The van der Waals surface area contributed by atoms with Crippen molar-refractivity contribution >= 4 is 0 Å². The maximum Gasteiger partial charge on any atom is 0.0538 e. The van der Waals surface area contributed by atoms with E-state index in [1.807, 2.05) is 10.9 Å². The molecule has 1 heterocycles. The van der Waals surface area contributed by atoms with E-state index in [2.05, 4.69) is 23.6 Å². The standard InChI is InChI=1S/C14H26N4/c1-2-9-18-11-13(10-16-18)14(17-15)8-7-12-5-3-4-6-12/h10-12,14,17H,2-9,15H2,1H3. The normalized spacial score (nSPS) is 18.3. The van der Waals surface area contributed by atoms with Crippen LogP contribution in [0.1, 0.15) is 63.5 Å². The molecule has 1 aromatic heterocycles. The van der Waals surface area contributed by atoms with Gasteiger partial charge in [0, 0.05) is 24.3 Å². The second-order valence-corrected chi connectivity index (χ2v) is 5.48. The Bertz CT molecular complexity index is 341. The van der Waals surface area contributed by atoms with Crippen LogP contribution in [0.5, 0.6) is 0 Å². The molecule has 0 aliphatic heterocycles. The summed E-state index contributed by atoms with van der Waals surface area (Å²) >= 11 is 0. The molecule has 1 fully saturated rings. The van der Waals surface area contributed by atoms with Gasteiger partial charge in [-0.05, 0) is 25.2 Å². The maximum atomic E-state index is 5.69. The van der Waals surface area contributed by atoms with Gasteiger partial charge in [0.1, 0.15) is 0 Å². The van der Waals surface area contributed by atoms with Gasteiger partial charge in [0.15, 0.2) is 0 Å². The molecule has 1 unspecified atom stereocenters. The zero-order chi connectivity index (χ0) is 12.8. The van der Waals surface area contributed by atoms with Crippen molar-refractivity contribution in [3.63, 3.8) is 0 Å². The van der Waals surface area contributed by atoms with E-state index < -0.39 is 0 Å². The predicted molar refractivity (Wildman–Crippen MR) is 73.8 cm³/mol. The summed E-state index contributed by atoms with van der Waals surface area (Å²) in [4.78, 5) is 0.